The van der Waals surface area contributed by atoms with E-state index in [1.807, 2.05) is 0 Å². The van der Waals surface area contributed by atoms with Crippen molar-refractivity contribution in [1.82, 2.24) is 4.90 Å². The molecule has 0 heterocycles. The molecule has 1 aliphatic rings. The van der Waals surface area contributed by atoms with Gasteiger partial charge in [0.2, 0.25) is 5.91 Å². The van der Waals surface area contributed by atoms with Crippen molar-refractivity contribution in [3.8, 4) is 5.75 Å². The van der Waals surface area contributed by atoms with E-state index in [0.29, 0.717) is 53.9 Å². The third-order valence-electron chi connectivity index (χ3n) is 7.58. The molecule has 0 radical (unpaired) electrons. The lowest BCUT2D eigenvalue weighted by Crippen LogP contribution is -2.42. The molecule has 0 aliphatic heterocycles. The van der Waals surface area contributed by atoms with Gasteiger partial charge in [-0.1, -0.05) is 29.8 Å². The predicted octanol–water partition coefficient (Wildman–Crippen LogP) is 5.17. The molecule has 44 heavy (non-hydrogen) atoms. The molecule has 4 rings (SSSR count). The number of hydrogen-bond acceptors (Lipinski definition) is 6. The average molecular weight is 621 g/mol. The van der Waals surface area contributed by atoms with E-state index in [2.05, 4.69) is 5.32 Å². The summed E-state index contributed by atoms with van der Waals surface area (Å²) in [5, 5.41) is 29.0. The van der Waals surface area contributed by atoms with Crippen LogP contribution in [0, 0.1) is 11.3 Å². The Kier molecular flexibility index (Phi) is 10.6. The highest BCUT2D eigenvalue weighted by atomic mass is 35.5. The van der Waals surface area contributed by atoms with Crippen molar-refractivity contribution in [2.75, 3.05) is 5.32 Å². The smallest absolute Gasteiger partial charge is 0.343 e. The van der Waals surface area contributed by atoms with Crippen LogP contribution in [0.15, 0.2) is 66.7 Å². The Morgan fingerprint density at radius 2 is 1.66 bits per heavy atom. The minimum absolute atomic E-state index is 0.122. The second-order valence-corrected chi connectivity index (χ2v) is 11.0. The number of carbonyl (C=O) groups is 4. The van der Waals surface area contributed by atoms with Crippen molar-refractivity contribution in [2.24, 2.45) is 11.7 Å². The van der Waals surface area contributed by atoms with E-state index in [1.165, 1.54) is 24.3 Å². The molecule has 1 aliphatic carbocycles. The van der Waals surface area contributed by atoms with Gasteiger partial charge in [0.25, 0.3) is 0 Å². The fraction of sp³-hybridized carbons (Fsp3) is 0.281. The molecule has 230 valence electrons. The highest BCUT2D eigenvalue weighted by molar-refractivity contribution is 6.31. The number of aryl methyl sites for hydroxylation is 1. The highest BCUT2D eigenvalue weighted by Gasteiger charge is 2.31. The number of benzene rings is 3. The second-order valence-electron chi connectivity index (χ2n) is 10.6. The molecule has 1 saturated carbocycles. The largest absolute Gasteiger partial charge is 0.481 e. The van der Waals surface area contributed by atoms with Gasteiger partial charge in [-0.15, -0.1) is 0 Å². The number of aromatic carboxylic acids is 1. The van der Waals surface area contributed by atoms with E-state index in [1.54, 1.807) is 47.4 Å². The van der Waals surface area contributed by atoms with Gasteiger partial charge < -0.3 is 30.9 Å². The van der Waals surface area contributed by atoms with E-state index >= 15 is 0 Å². The van der Waals surface area contributed by atoms with Gasteiger partial charge in [0.05, 0.1) is 17.0 Å². The number of nitrogens with one attached hydrogen (secondary N) is 2. The summed E-state index contributed by atoms with van der Waals surface area (Å²) < 4.78 is 5.45. The van der Waals surface area contributed by atoms with Crippen molar-refractivity contribution >= 4 is 47.1 Å². The van der Waals surface area contributed by atoms with Crippen LogP contribution in [0.4, 0.5) is 5.69 Å². The predicted molar refractivity (Wildman–Crippen MR) is 164 cm³/mol. The quantitative estimate of drug-likeness (QED) is 0.0835. The Morgan fingerprint density at radius 3 is 2.27 bits per heavy atom. The number of nitrogens with zero attached hydrogens (tertiary/aromatic N) is 1. The van der Waals surface area contributed by atoms with Crippen LogP contribution in [-0.2, 0) is 22.6 Å². The maximum Gasteiger partial charge on any atom is 0.343 e. The molecule has 0 aromatic heterocycles. The number of halogens is 1. The van der Waals surface area contributed by atoms with Crippen LogP contribution in [-0.4, -0.2) is 50.9 Å². The van der Waals surface area contributed by atoms with Crippen molar-refractivity contribution in [3.05, 3.63) is 94.0 Å². The molecule has 1 fully saturated rings. The second kappa shape index (κ2) is 14.5. The number of carboxylic acid groups (broad SMARTS) is 2. The maximum absolute atomic E-state index is 13.6. The van der Waals surface area contributed by atoms with Crippen LogP contribution in [0.25, 0.3) is 0 Å². The number of nitrogens with two attached hydrogens (primary N) is 1. The number of aliphatic carboxylic acids is 1. The van der Waals surface area contributed by atoms with Gasteiger partial charge >= 0.3 is 17.9 Å². The first-order valence-corrected chi connectivity index (χ1v) is 14.4. The Bertz CT molecular complexity index is 1550. The first-order chi connectivity index (χ1) is 21.0. The van der Waals surface area contributed by atoms with E-state index in [0.717, 1.165) is 0 Å². The van der Waals surface area contributed by atoms with E-state index in [9.17, 15) is 29.4 Å². The number of amides is 1. The van der Waals surface area contributed by atoms with Crippen molar-refractivity contribution < 1.29 is 34.1 Å². The molecular weight excluding hydrogens is 588 g/mol. The zero-order chi connectivity index (χ0) is 31.8. The van der Waals surface area contributed by atoms with E-state index < -0.39 is 23.8 Å². The highest BCUT2D eigenvalue weighted by Crippen LogP contribution is 2.30. The molecular formula is C32H33ClN4O7. The SMILES string of the molecule is N=C(N)Nc1ccc(C(=O)Oc2ccc(CCC(=O)N(Cc3cccc(C(=O)O)c3)[C@H]3CC[C@H](C(=O)O)CC3)c(Cl)c2)cc1. The van der Waals surface area contributed by atoms with Crippen molar-refractivity contribution in [3.63, 3.8) is 0 Å². The number of ether oxygens (including phenoxy) is 1. The van der Waals surface area contributed by atoms with Gasteiger partial charge in [-0.25, -0.2) is 9.59 Å². The normalized spacial score (nSPS) is 16.0. The Balaban J connectivity index is 1.41. The van der Waals surface area contributed by atoms with Gasteiger partial charge in [-0.3, -0.25) is 15.0 Å². The molecule has 6 N–H and O–H groups in total. The third kappa shape index (κ3) is 8.57. The Labute approximate surface area is 259 Å². The number of carbonyl (C=O) groups excluding carboxylic acids is 2. The zero-order valence-electron chi connectivity index (χ0n) is 23.8. The van der Waals surface area contributed by atoms with Crippen LogP contribution < -0.4 is 15.8 Å². The first kappa shape index (κ1) is 32.0. The molecule has 0 unspecified atom stereocenters. The van der Waals surface area contributed by atoms with Crippen LogP contribution >= 0.6 is 11.6 Å². The summed E-state index contributed by atoms with van der Waals surface area (Å²) in [6, 6.07) is 17.3. The lowest BCUT2D eigenvalue weighted by atomic mass is 9.85. The van der Waals surface area contributed by atoms with Crippen LogP contribution in [0.2, 0.25) is 5.02 Å². The first-order valence-electron chi connectivity index (χ1n) is 14.1. The lowest BCUT2D eigenvalue weighted by molar-refractivity contribution is -0.143. The van der Waals surface area contributed by atoms with Crippen molar-refractivity contribution in [1.29, 1.82) is 5.41 Å². The van der Waals surface area contributed by atoms with Crippen LogP contribution in [0.3, 0.4) is 0 Å². The summed E-state index contributed by atoms with van der Waals surface area (Å²) in [5.74, 6) is -3.08. The average Bonchev–Trinajstić information content (AvgIpc) is 2.99. The molecule has 11 nitrogen and oxygen atoms in total. The summed E-state index contributed by atoms with van der Waals surface area (Å²) in [7, 11) is 0. The Morgan fingerprint density at radius 1 is 0.955 bits per heavy atom. The van der Waals surface area contributed by atoms with Crippen LogP contribution in [0.5, 0.6) is 5.75 Å². The molecule has 0 atom stereocenters. The summed E-state index contributed by atoms with van der Waals surface area (Å²) >= 11 is 6.49. The third-order valence-corrected chi connectivity index (χ3v) is 7.93. The minimum atomic E-state index is -1.06. The minimum Gasteiger partial charge on any atom is -0.481 e. The number of anilines is 1. The fourth-order valence-electron chi connectivity index (χ4n) is 5.25. The van der Waals surface area contributed by atoms with Crippen LogP contribution in [0.1, 0.15) is 63.9 Å². The standard InChI is InChI=1S/C32H33ClN4O7/c33-27-17-26(44-31(43)22-4-10-24(11-5-22)36-32(34)35)14-8-20(27)9-15-28(38)37(25-12-6-21(7-13-25)29(39)40)18-19-2-1-3-23(16-19)30(41)42/h1-5,8,10-11,14,16-17,21,25H,6-7,9,12-13,15,18H2,(H,39,40)(H,41,42)(H4,34,35,36)/t21-,25-. The van der Waals surface area contributed by atoms with Gasteiger partial charge in [0.15, 0.2) is 5.96 Å². The molecule has 12 heteroatoms. The molecule has 0 saturated heterocycles. The molecule has 3 aromatic rings. The number of guanidine groups is 1. The summed E-state index contributed by atoms with van der Waals surface area (Å²) in [6.07, 6.45) is 2.44. The summed E-state index contributed by atoms with van der Waals surface area (Å²) in [5.41, 5.74) is 7.63. The number of hydrogen-bond donors (Lipinski definition) is 5. The van der Waals surface area contributed by atoms with Gasteiger partial charge in [0.1, 0.15) is 5.75 Å². The summed E-state index contributed by atoms with van der Waals surface area (Å²) in [4.78, 5) is 50.8. The fourth-order valence-corrected chi connectivity index (χ4v) is 5.51. The molecule has 0 spiro atoms. The van der Waals surface area contributed by atoms with E-state index in [4.69, 9.17) is 27.5 Å². The Hall–Kier alpha value is -4.90. The van der Waals surface area contributed by atoms with Crippen molar-refractivity contribution in [2.45, 2.75) is 51.1 Å². The zero-order valence-corrected chi connectivity index (χ0v) is 24.5. The number of esters is 1. The molecule has 1 amide bonds. The lowest BCUT2D eigenvalue weighted by Gasteiger charge is -2.36. The monoisotopic (exact) mass is 620 g/mol. The van der Waals surface area contributed by atoms with E-state index in [-0.39, 0.29) is 47.8 Å². The molecule has 3 aromatic carbocycles. The van der Waals surface area contributed by atoms with Gasteiger partial charge in [-0.2, -0.15) is 0 Å². The molecule has 0 bridgehead atoms. The summed E-state index contributed by atoms with van der Waals surface area (Å²) in [6.45, 7) is 0.205. The number of rotatable bonds is 11. The topological polar surface area (TPSA) is 183 Å². The van der Waals surface area contributed by atoms with Gasteiger partial charge in [0, 0.05) is 29.7 Å². The number of carboxylic acids is 2. The maximum atomic E-state index is 13.6. The van der Waals surface area contributed by atoms with Gasteiger partial charge in [-0.05, 0) is 91.8 Å².